The van der Waals surface area contributed by atoms with Crippen LogP contribution in [-0.4, -0.2) is 54.5 Å². The molecule has 2 atom stereocenters. The third kappa shape index (κ3) is 2.81. The molecule has 1 amide bonds. The first kappa shape index (κ1) is 14.9. The summed E-state index contributed by atoms with van der Waals surface area (Å²) < 4.78 is 6.07. The Balaban J connectivity index is 1.84. The Labute approximate surface area is 134 Å². The number of amides is 1. The minimum atomic E-state index is 0.0971. The van der Waals surface area contributed by atoms with Gasteiger partial charge in [-0.3, -0.25) is 9.69 Å². The van der Waals surface area contributed by atoms with Gasteiger partial charge in [-0.25, -0.2) is 0 Å². The quantitative estimate of drug-likeness (QED) is 0.820. The minimum absolute atomic E-state index is 0.0971. The number of halogens is 1. The highest BCUT2D eigenvalue weighted by Gasteiger charge is 2.37. The summed E-state index contributed by atoms with van der Waals surface area (Å²) in [7, 11) is 1.62. The van der Waals surface area contributed by atoms with Crippen LogP contribution in [0.1, 0.15) is 30.1 Å². The standard InChI is InChI=1S/C16H21BrN2O2/c1-11-9-18-7-3-4-12(18)10-19(11)16(20)14-8-13(21-2)5-6-15(14)17/h5-6,8,11-12H,3-4,7,9-10H2,1-2H3. The van der Waals surface area contributed by atoms with Crippen molar-refractivity contribution >= 4 is 21.8 Å². The van der Waals surface area contributed by atoms with E-state index in [2.05, 4.69) is 27.8 Å². The maximum atomic E-state index is 12.9. The summed E-state index contributed by atoms with van der Waals surface area (Å²) in [5, 5.41) is 0. The number of carbonyl (C=O) groups excluding carboxylic acids is 1. The molecule has 1 aromatic carbocycles. The molecule has 2 saturated heterocycles. The molecule has 0 aliphatic carbocycles. The summed E-state index contributed by atoms with van der Waals surface area (Å²) in [5.74, 6) is 0.813. The lowest BCUT2D eigenvalue weighted by molar-refractivity contribution is 0.0394. The van der Waals surface area contributed by atoms with Crippen molar-refractivity contribution in [1.29, 1.82) is 0 Å². The van der Waals surface area contributed by atoms with E-state index in [-0.39, 0.29) is 11.9 Å². The highest BCUT2D eigenvalue weighted by atomic mass is 79.9. The van der Waals surface area contributed by atoms with Crippen LogP contribution < -0.4 is 4.74 Å². The monoisotopic (exact) mass is 352 g/mol. The largest absolute Gasteiger partial charge is 0.497 e. The number of hydrogen-bond acceptors (Lipinski definition) is 3. The molecule has 4 nitrogen and oxygen atoms in total. The molecule has 114 valence electrons. The van der Waals surface area contributed by atoms with Crippen LogP contribution in [-0.2, 0) is 0 Å². The molecule has 0 N–H and O–H groups in total. The molecule has 2 aliphatic rings. The van der Waals surface area contributed by atoms with Gasteiger partial charge in [-0.15, -0.1) is 0 Å². The van der Waals surface area contributed by atoms with E-state index >= 15 is 0 Å². The molecular formula is C16H21BrN2O2. The van der Waals surface area contributed by atoms with Gasteiger partial charge in [0.1, 0.15) is 5.75 Å². The lowest BCUT2D eigenvalue weighted by atomic mass is 10.1. The molecule has 0 radical (unpaired) electrons. The third-order valence-electron chi connectivity index (χ3n) is 4.60. The lowest BCUT2D eigenvalue weighted by Gasteiger charge is -2.42. The molecule has 2 aliphatic heterocycles. The van der Waals surface area contributed by atoms with Gasteiger partial charge in [0.05, 0.1) is 12.7 Å². The van der Waals surface area contributed by atoms with Crippen molar-refractivity contribution in [1.82, 2.24) is 9.80 Å². The zero-order valence-electron chi connectivity index (χ0n) is 12.5. The van der Waals surface area contributed by atoms with Gasteiger partial charge in [0.15, 0.2) is 0 Å². The Kier molecular flexibility index (Phi) is 4.22. The molecule has 0 bridgehead atoms. The van der Waals surface area contributed by atoms with Gasteiger partial charge in [-0.2, -0.15) is 0 Å². The fourth-order valence-corrected chi connectivity index (χ4v) is 3.84. The third-order valence-corrected chi connectivity index (χ3v) is 5.29. The van der Waals surface area contributed by atoms with Crippen molar-refractivity contribution in [3.05, 3.63) is 28.2 Å². The number of methoxy groups -OCH3 is 1. The number of nitrogens with zero attached hydrogens (tertiary/aromatic N) is 2. The summed E-state index contributed by atoms with van der Waals surface area (Å²) in [6.45, 7) is 5.14. The van der Waals surface area contributed by atoms with E-state index in [1.807, 2.05) is 23.1 Å². The first-order valence-electron chi connectivity index (χ1n) is 7.48. The molecule has 2 unspecified atom stereocenters. The summed E-state index contributed by atoms with van der Waals surface area (Å²) in [5.41, 5.74) is 0.688. The van der Waals surface area contributed by atoms with Crippen molar-refractivity contribution < 1.29 is 9.53 Å². The van der Waals surface area contributed by atoms with Gasteiger partial charge >= 0.3 is 0 Å². The van der Waals surface area contributed by atoms with E-state index < -0.39 is 0 Å². The molecule has 2 heterocycles. The Morgan fingerprint density at radius 1 is 1.38 bits per heavy atom. The van der Waals surface area contributed by atoms with Crippen LogP contribution in [0.5, 0.6) is 5.75 Å². The number of ether oxygens (including phenoxy) is 1. The number of benzene rings is 1. The minimum Gasteiger partial charge on any atom is -0.497 e. The number of hydrogen-bond donors (Lipinski definition) is 0. The summed E-state index contributed by atoms with van der Waals surface area (Å²) in [6, 6.07) is 6.35. The van der Waals surface area contributed by atoms with E-state index in [1.165, 1.54) is 19.4 Å². The molecule has 3 rings (SSSR count). The predicted octanol–water partition coefficient (Wildman–Crippen LogP) is 2.77. The van der Waals surface area contributed by atoms with Gasteiger partial charge in [-0.1, -0.05) is 0 Å². The second kappa shape index (κ2) is 5.97. The van der Waals surface area contributed by atoms with Crippen LogP contribution in [0.4, 0.5) is 0 Å². The summed E-state index contributed by atoms with van der Waals surface area (Å²) in [4.78, 5) is 17.5. The highest BCUT2D eigenvalue weighted by molar-refractivity contribution is 9.10. The maximum Gasteiger partial charge on any atom is 0.255 e. The smallest absolute Gasteiger partial charge is 0.255 e. The number of rotatable bonds is 2. The van der Waals surface area contributed by atoms with Crippen molar-refractivity contribution in [3.63, 3.8) is 0 Å². The van der Waals surface area contributed by atoms with E-state index in [4.69, 9.17) is 4.74 Å². The zero-order chi connectivity index (χ0) is 15.0. The Morgan fingerprint density at radius 3 is 2.95 bits per heavy atom. The zero-order valence-corrected chi connectivity index (χ0v) is 14.1. The number of carbonyl (C=O) groups is 1. The van der Waals surface area contributed by atoms with Gasteiger partial charge in [0.2, 0.25) is 0 Å². The summed E-state index contributed by atoms with van der Waals surface area (Å²) >= 11 is 3.49. The first-order valence-corrected chi connectivity index (χ1v) is 8.28. The van der Waals surface area contributed by atoms with E-state index in [9.17, 15) is 4.79 Å². The number of fused-ring (bicyclic) bond motifs is 1. The van der Waals surface area contributed by atoms with Crippen LogP contribution >= 0.6 is 15.9 Å². The Bertz CT molecular complexity index is 549. The molecule has 0 aromatic heterocycles. The Hall–Kier alpha value is -1.07. The van der Waals surface area contributed by atoms with Crippen molar-refractivity contribution in [2.24, 2.45) is 0 Å². The molecule has 5 heteroatoms. The second-order valence-electron chi connectivity index (χ2n) is 5.94. The van der Waals surface area contributed by atoms with E-state index in [0.29, 0.717) is 17.4 Å². The van der Waals surface area contributed by atoms with Crippen LogP contribution in [0.2, 0.25) is 0 Å². The number of piperazine rings is 1. The highest BCUT2D eigenvalue weighted by Crippen LogP contribution is 2.29. The SMILES string of the molecule is COc1ccc(Br)c(C(=O)N2CC3CCCN3CC2C)c1. The lowest BCUT2D eigenvalue weighted by Crippen LogP contribution is -2.56. The van der Waals surface area contributed by atoms with Gasteiger partial charge in [0, 0.05) is 29.6 Å². The van der Waals surface area contributed by atoms with Crippen LogP contribution in [0.25, 0.3) is 0 Å². The normalized spacial score (nSPS) is 25.8. The van der Waals surface area contributed by atoms with Gasteiger partial charge in [0.25, 0.3) is 5.91 Å². The molecular weight excluding hydrogens is 332 g/mol. The molecule has 2 fully saturated rings. The predicted molar refractivity (Wildman–Crippen MR) is 85.8 cm³/mol. The van der Waals surface area contributed by atoms with Crippen molar-refractivity contribution in [3.8, 4) is 5.75 Å². The molecule has 21 heavy (non-hydrogen) atoms. The second-order valence-corrected chi connectivity index (χ2v) is 6.80. The van der Waals surface area contributed by atoms with Crippen molar-refractivity contribution in [2.75, 3.05) is 26.7 Å². The molecule has 1 aromatic rings. The van der Waals surface area contributed by atoms with E-state index in [0.717, 1.165) is 17.6 Å². The topological polar surface area (TPSA) is 32.8 Å². The van der Waals surface area contributed by atoms with Crippen molar-refractivity contribution in [2.45, 2.75) is 31.8 Å². The fourth-order valence-electron chi connectivity index (χ4n) is 3.42. The van der Waals surface area contributed by atoms with Gasteiger partial charge in [-0.05, 0) is 60.4 Å². The van der Waals surface area contributed by atoms with Crippen LogP contribution in [0.15, 0.2) is 22.7 Å². The van der Waals surface area contributed by atoms with Crippen LogP contribution in [0.3, 0.4) is 0 Å². The molecule has 0 spiro atoms. The Morgan fingerprint density at radius 2 is 2.19 bits per heavy atom. The summed E-state index contributed by atoms with van der Waals surface area (Å²) in [6.07, 6.45) is 2.46. The van der Waals surface area contributed by atoms with E-state index in [1.54, 1.807) is 7.11 Å². The van der Waals surface area contributed by atoms with Crippen LogP contribution in [0, 0.1) is 0 Å². The molecule has 0 saturated carbocycles. The maximum absolute atomic E-state index is 12.9. The first-order chi connectivity index (χ1) is 10.1. The van der Waals surface area contributed by atoms with Gasteiger partial charge < -0.3 is 9.64 Å². The fraction of sp³-hybridized carbons (Fsp3) is 0.562. The average Bonchev–Trinajstić information content (AvgIpc) is 2.93. The average molecular weight is 353 g/mol.